The van der Waals surface area contributed by atoms with Crippen LogP contribution in [-0.4, -0.2) is 16.2 Å². The summed E-state index contributed by atoms with van der Waals surface area (Å²) in [5.74, 6) is -4.97. The first kappa shape index (κ1) is 11.4. The van der Waals surface area contributed by atoms with E-state index in [9.17, 15) is 13.6 Å². The Morgan fingerprint density at radius 3 is 2.27 bits per heavy atom. The predicted octanol–water partition coefficient (Wildman–Crippen LogP) is 1.93. The second kappa shape index (κ2) is 4.25. The Morgan fingerprint density at radius 2 is 1.87 bits per heavy atom. The Hall–Kier alpha value is -1.65. The summed E-state index contributed by atoms with van der Waals surface area (Å²) in [6, 6.07) is 1.86. The van der Waals surface area contributed by atoms with E-state index in [2.05, 4.69) is 0 Å². The van der Waals surface area contributed by atoms with Crippen molar-refractivity contribution in [2.75, 3.05) is 0 Å². The zero-order valence-electron chi connectivity index (χ0n) is 8.00. The van der Waals surface area contributed by atoms with Crippen molar-refractivity contribution in [2.45, 2.75) is 13.3 Å². The van der Waals surface area contributed by atoms with Gasteiger partial charge in [0.05, 0.1) is 5.92 Å². The van der Waals surface area contributed by atoms with Gasteiger partial charge in [0.1, 0.15) is 0 Å². The van der Waals surface area contributed by atoms with Crippen LogP contribution < -0.4 is 0 Å². The van der Waals surface area contributed by atoms with E-state index < -0.39 is 29.3 Å². The number of hydrogen-bond donors (Lipinski definition) is 2. The largest absolute Gasteiger partial charge is 0.503 e. The fourth-order valence-corrected chi connectivity index (χ4v) is 1.18. The molecule has 3 nitrogen and oxygen atoms in total. The quantitative estimate of drug-likeness (QED) is 0.811. The molecule has 1 atom stereocenters. The highest BCUT2D eigenvalue weighted by molar-refractivity contribution is 5.69. The number of carboxylic acids is 1. The molecule has 0 saturated carbocycles. The molecule has 0 amide bonds. The van der Waals surface area contributed by atoms with E-state index in [1.54, 1.807) is 0 Å². The molecule has 0 aliphatic rings. The molecule has 1 unspecified atom stereocenters. The molecule has 0 spiro atoms. The highest BCUT2D eigenvalue weighted by atomic mass is 19.1. The second-order valence-electron chi connectivity index (χ2n) is 3.35. The molecule has 15 heavy (non-hydrogen) atoms. The Labute approximate surface area is 85.0 Å². The molecule has 0 bridgehead atoms. The number of phenols is 1. The van der Waals surface area contributed by atoms with Gasteiger partial charge < -0.3 is 10.2 Å². The topological polar surface area (TPSA) is 57.5 Å². The zero-order chi connectivity index (χ0) is 11.6. The summed E-state index contributed by atoms with van der Waals surface area (Å²) in [6.07, 6.45) is 0.0173. The lowest BCUT2D eigenvalue weighted by molar-refractivity contribution is -0.141. The number of carbonyl (C=O) groups is 1. The predicted molar refractivity (Wildman–Crippen MR) is 48.5 cm³/mol. The van der Waals surface area contributed by atoms with E-state index in [4.69, 9.17) is 10.2 Å². The fourth-order valence-electron chi connectivity index (χ4n) is 1.18. The second-order valence-corrected chi connectivity index (χ2v) is 3.35. The van der Waals surface area contributed by atoms with Gasteiger partial charge >= 0.3 is 5.97 Å². The van der Waals surface area contributed by atoms with Gasteiger partial charge in [0.15, 0.2) is 17.4 Å². The van der Waals surface area contributed by atoms with Gasteiger partial charge in [-0.15, -0.1) is 0 Å². The standard InChI is InChI=1S/C10H10F2O3/c1-5(10(14)15)2-6-3-7(11)9(13)8(12)4-6/h3-5,13H,2H2,1H3,(H,14,15). The van der Waals surface area contributed by atoms with Gasteiger partial charge in [-0.2, -0.15) is 0 Å². The van der Waals surface area contributed by atoms with E-state index in [0.717, 1.165) is 12.1 Å². The van der Waals surface area contributed by atoms with Crippen LogP contribution in [0.3, 0.4) is 0 Å². The van der Waals surface area contributed by atoms with E-state index in [-0.39, 0.29) is 12.0 Å². The van der Waals surface area contributed by atoms with Crippen LogP contribution in [0.15, 0.2) is 12.1 Å². The summed E-state index contributed by atoms with van der Waals surface area (Å²) in [7, 11) is 0. The molecule has 0 aliphatic heterocycles. The van der Waals surface area contributed by atoms with Crippen LogP contribution in [0.4, 0.5) is 8.78 Å². The van der Waals surface area contributed by atoms with Crippen LogP contribution in [0, 0.1) is 17.6 Å². The normalized spacial score (nSPS) is 12.5. The first-order valence-electron chi connectivity index (χ1n) is 4.31. The van der Waals surface area contributed by atoms with E-state index in [0.29, 0.717) is 0 Å². The minimum absolute atomic E-state index is 0.0173. The van der Waals surface area contributed by atoms with Crippen molar-refractivity contribution in [1.82, 2.24) is 0 Å². The van der Waals surface area contributed by atoms with Crippen molar-refractivity contribution < 1.29 is 23.8 Å². The summed E-state index contributed by atoms with van der Waals surface area (Å²) >= 11 is 0. The minimum Gasteiger partial charge on any atom is -0.503 e. The summed E-state index contributed by atoms with van der Waals surface area (Å²) in [4.78, 5) is 10.5. The molecule has 82 valence electrons. The summed E-state index contributed by atoms with van der Waals surface area (Å²) in [5.41, 5.74) is 0.206. The molecule has 0 radical (unpaired) electrons. The fraction of sp³-hybridized carbons (Fsp3) is 0.300. The highest BCUT2D eigenvalue weighted by Crippen LogP contribution is 2.22. The average Bonchev–Trinajstić information content (AvgIpc) is 2.13. The van der Waals surface area contributed by atoms with Gasteiger partial charge in [-0.3, -0.25) is 4.79 Å². The van der Waals surface area contributed by atoms with E-state index in [1.165, 1.54) is 6.92 Å². The third kappa shape index (κ3) is 2.65. The minimum atomic E-state index is -1.08. The van der Waals surface area contributed by atoms with Crippen LogP contribution in [0.25, 0.3) is 0 Å². The van der Waals surface area contributed by atoms with Crippen LogP contribution in [0.1, 0.15) is 12.5 Å². The summed E-state index contributed by atoms with van der Waals surface area (Å²) in [6.45, 7) is 1.44. The third-order valence-corrected chi connectivity index (χ3v) is 2.04. The number of benzene rings is 1. The number of halogens is 2. The molecule has 0 heterocycles. The Bertz CT molecular complexity index is 367. The first-order valence-corrected chi connectivity index (χ1v) is 4.31. The number of hydrogen-bond acceptors (Lipinski definition) is 2. The van der Waals surface area contributed by atoms with Crippen LogP contribution >= 0.6 is 0 Å². The molecule has 0 saturated heterocycles. The van der Waals surface area contributed by atoms with Crippen molar-refractivity contribution in [3.05, 3.63) is 29.3 Å². The molecular formula is C10H10F2O3. The monoisotopic (exact) mass is 216 g/mol. The molecule has 1 aromatic carbocycles. The maximum Gasteiger partial charge on any atom is 0.306 e. The average molecular weight is 216 g/mol. The van der Waals surface area contributed by atoms with Gasteiger partial charge in [-0.25, -0.2) is 8.78 Å². The molecule has 5 heteroatoms. The molecule has 1 aromatic rings. The molecule has 2 N–H and O–H groups in total. The van der Waals surface area contributed by atoms with Crippen LogP contribution in [-0.2, 0) is 11.2 Å². The third-order valence-electron chi connectivity index (χ3n) is 2.04. The number of aromatic hydroxyl groups is 1. The summed E-state index contributed by atoms with van der Waals surface area (Å²) in [5, 5.41) is 17.4. The zero-order valence-corrected chi connectivity index (χ0v) is 8.00. The molecule has 1 rings (SSSR count). The van der Waals surface area contributed by atoms with Crippen molar-refractivity contribution in [3.63, 3.8) is 0 Å². The molecule has 0 aliphatic carbocycles. The SMILES string of the molecule is CC(Cc1cc(F)c(O)c(F)c1)C(=O)O. The smallest absolute Gasteiger partial charge is 0.306 e. The van der Waals surface area contributed by atoms with E-state index in [1.807, 2.05) is 0 Å². The highest BCUT2D eigenvalue weighted by Gasteiger charge is 2.15. The lowest BCUT2D eigenvalue weighted by atomic mass is 10.0. The van der Waals surface area contributed by atoms with Gasteiger partial charge in [0.25, 0.3) is 0 Å². The molecule has 0 fully saturated rings. The Morgan fingerprint density at radius 1 is 1.40 bits per heavy atom. The number of phenolic OH excluding ortho intramolecular Hbond substituents is 1. The number of carboxylic acid groups (broad SMARTS) is 1. The maximum atomic E-state index is 12.9. The Balaban J connectivity index is 2.92. The van der Waals surface area contributed by atoms with E-state index >= 15 is 0 Å². The van der Waals surface area contributed by atoms with Gasteiger partial charge in [-0.1, -0.05) is 6.92 Å². The Kier molecular flexibility index (Phi) is 3.24. The maximum absolute atomic E-state index is 12.9. The molecule has 0 aromatic heterocycles. The van der Waals surface area contributed by atoms with Crippen molar-refractivity contribution in [3.8, 4) is 5.75 Å². The van der Waals surface area contributed by atoms with Gasteiger partial charge in [0, 0.05) is 0 Å². The van der Waals surface area contributed by atoms with Crippen molar-refractivity contribution in [2.24, 2.45) is 5.92 Å². The lowest BCUT2D eigenvalue weighted by Crippen LogP contribution is -2.12. The van der Waals surface area contributed by atoms with Crippen LogP contribution in [0.2, 0.25) is 0 Å². The number of rotatable bonds is 3. The first-order chi connectivity index (χ1) is 6.91. The molecular weight excluding hydrogens is 206 g/mol. The lowest BCUT2D eigenvalue weighted by Gasteiger charge is -2.07. The van der Waals surface area contributed by atoms with Crippen molar-refractivity contribution >= 4 is 5.97 Å². The van der Waals surface area contributed by atoms with Gasteiger partial charge in [0.2, 0.25) is 0 Å². The van der Waals surface area contributed by atoms with Crippen molar-refractivity contribution in [1.29, 1.82) is 0 Å². The van der Waals surface area contributed by atoms with Gasteiger partial charge in [-0.05, 0) is 24.1 Å². The number of aliphatic carboxylic acids is 1. The summed E-state index contributed by atoms with van der Waals surface area (Å²) < 4.78 is 25.7. The van der Waals surface area contributed by atoms with Crippen LogP contribution in [0.5, 0.6) is 5.75 Å².